The topological polar surface area (TPSA) is 0 Å². The molecule has 0 aromatic heterocycles. The molecule has 0 radical (unpaired) electrons. The van der Waals surface area contributed by atoms with Crippen LogP contribution in [0.1, 0.15) is 0 Å². The van der Waals surface area contributed by atoms with Crippen LogP contribution in [-0.2, 0) is 19.5 Å². The minimum Gasteiger partial charge on any atom is -0.152 e. The van der Waals surface area contributed by atoms with Gasteiger partial charge in [-0.25, -0.2) is 0 Å². The molecule has 0 nitrogen and oxygen atoms in total. The summed E-state index contributed by atoms with van der Waals surface area (Å²) in [7, 11) is 0. The Morgan fingerprint density at radius 1 is 0.391 bits per heavy atom. The zero-order valence-electron chi connectivity index (χ0n) is 12.7. The summed E-state index contributed by atoms with van der Waals surface area (Å²) in [5.74, 6) is 0. The predicted octanol–water partition coefficient (Wildman–Crippen LogP) is 6.14. The van der Waals surface area contributed by atoms with Gasteiger partial charge in [0.05, 0.1) is 0 Å². The smallest absolute Gasteiger partial charge is 0.152 e. The van der Waals surface area contributed by atoms with Gasteiger partial charge in [0.2, 0.25) is 0 Å². The van der Waals surface area contributed by atoms with Gasteiger partial charge in [0.25, 0.3) is 0 Å². The summed E-state index contributed by atoms with van der Waals surface area (Å²) in [6.45, 7) is 0. The van der Waals surface area contributed by atoms with Crippen LogP contribution in [0.25, 0.3) is 22.3 Å². The Bertz CT molecular complexity index is 682. The summed E-state index contributed by atoms with van der Waals surface area (Å²) in [6.07, 6.45) is 0. The molecule has 0 aliphatic rings. The number of benzene rings is 2. The van der Waals surface area contributed by atoms with Crippen molar-refractivity contribution in [1.29, 1.82) is 0 Å². The molecule has 4 rings (SSSR count). The second kappa shape index (κ2) is 9.03. The van der Waals surface area contributed by atoms with Crippen LogP contribution in [0.4, 0.5) is 0 Å². The van der Waals surface area contributed by atoms with Crippen molar-refractivity contribution >= 4 is 0 Å². The maximum atomic E-state index is 2.12. The Morgan fingerprint density at radius 3 is 1.00 bits per heavy atom. The maximum Gasteiger partial charge on any atom is 2.00 e. The van der Waals surface area contributed by atoms with Crippen LogP contribution in [-0.4, -0.2) is 0 Å². The third kappa shape index (κ3) is 4.88. The van der Waals surface area contributed by atoms with Gasteiger partial charge in [-0.15, -0.1) is 59.7 Å². The van der Waals surface area contributed by atoms with Crippen molar-refractivity contribution in [2.45, 2.75) is 0 Å². The fraction of sp³-hybridized carbons (Fsp3) is 0. The number of hydrogen-bond donors (Lipinski definition) is 0. The van der Waals surface area contributed by atoms with Gasteiger partial charge in [-0.3, -0.25) is 0 Å². The van der Waals surface area contributed by atoms with E-state index < -0.39 is 0 Å². The van der Waals surface area contributed by atoms with Gasteiger partial charge < -0.3 is 0 Å². The summed E-state index contributed by atoms with van der Waals surface area (Å²) in [6, 6.07) is 37.5. The largest absolute Gasteiger partial charge is 2.00 e. The summed E-state index contributed by atoms with van der Waals surface area (Å²) >= 11 is 0. The summed E-state index contributed by atoms with van der Waals surface area (Å²) in [5, 5.41) is 0. The summed E-state index contributed by atoms with van der Waals surface area (Å²) < 4.78 is 0. The van der Waals surface area contributed by atoms with E-state index in [1.165, 1.54) is 22.3 Å². The average molecular weight is 383 g/mol. The number of rotatable bonds is 2. The molecule has 0 saturated heterocycles. The first kappa shape index (κ1) is 17.1. The quantitative estimate of drug-likeness (QED) is 0.288. The van der Waals surface area contributed by atoms with E-state index in [-0.39, 0.29) is 19.5 Å². The van der Waals surface area contributed by atoms with Crippen molar-refractivity contribution in [1.82, 2.24) is 0 Å². The fourth-order valence-corrected chi connectivity index (χ4v) is 2.39. The SMILES string of the molecule is [Ru+2].c1ccc(-[c-]2cccc2)cc1.c1ccc(-[c-]2cccc2)cc1. The Balaban J connectivity index is 0.000000160. The molecule has 4 aromatic carbocycles. The molecule has 1 heteroatoms. The third-order valence-corrected chi connectivity index (χ3v) is 3.54. The van der Waals surface area contributed by atoms with E-state index in [0.717, 1.165) is 0 Å². The molecule has 4 aromatic rings. The Labute approximate surface area is 150 Å². The van der Waals surface area contributed by atoms with Crippen LogP contribution in [0.2, 0.25) is 0 Å². The van der Waals surface area contributed by atoms with Crippen LogP contribution in [0.15, 0.2) is 109 Å². The Kier molecular flexibility index (Phi) is 6.72. The number of hydrogen-bond acceptors (Lipinski definition) is 0. The van der Waals surface area contributed by atoms with Crippen LogP contribution in [0, 0.1) is 0 Å². The van der Waals surface area contributed by atoms with E-state index in [0.29, 0.717) is 0 Å². The molecule has 0 aliphatic heterocycles. The predicted molar refractivity (Wildman–Crippen MR) is 94.9 cm³/mol. The molecule has 114 valence electrons. The zero-order valence-corrected chi connectivity index (χ0v) is 14.5. The molecular formula is C22H18Ru. The second-order valence-electron chi connectivity index (χ2n) is 5.08. The van der Waals surface area contributed by atoms with Crippen molar-refractivity contribution in [2.24, 2.45) is 0 Å². The molecule has 0 fully saturated rings. The standard InChI is InChI=1S/2C11H9.Ru/c2*1-2-6-10(7-3-1)11-8-4-5-9-11;/h2*1-9H;/q2*-1;+2. The van der Waals surface area contributed by atoms with Gasteiger partial charge in [-0.2, -0.15) is 24.3 Å². The van der Waals surface area contributed by atoms with E-state index in [1.54, 1.807) is 0 Å². The molecule has 0 unspecified atom stereocenters. The van der Waals surface area contributed by atoms with Gasteiger partial charge in [0, 0.05) is 0 Å². The molecule has 0 bridgehead atoms. The van der Waals surface area contributed by atoms with E-state index in [1.807, 2.05) is 12.1 Å². The molecule has 0 aliphatic carbocycles. The molecule has 0 saturated carbocycles. The van der Waals surface area contributed by atoms with E-state index in [2.05, 4.69) is 97.1 Å². The van der Waals surface area contributed by atoms with Crippen molar-refractivity contribution in [3.63, 3.8) is 0 Å². The van der Waals surface area contributed by atoms with Gasteiger partial charge in [0.15, 0.2) is 0 Å². The van der Waals surface area contributed by atoms with Gasteiger partial charge >= 0.3 is 19.5 Å². The van der Waals surface area contributed by atoms with Gasteiger partial charge in [-0.05, 0) is 0 Å². The van der Waals surface area contributed by atoms with Crippen LogP contribution < -0.4 is 0 Å². The molecule has 0 atom stereocenters. The average Bonchev–Trinajstić information content (AvgIpc) is 3.31. The van der Waals surface area contributed by atoms with Crippen LogP contribution in [0.3, 0.4) is 0 Å². The Hall–Kier alpha value is -2.24. The van der Waals surface area contributed by atoms with Gasteiger partial charge in [0.1, 0.15) is 0 Å². The van der Waals surface area contributed by atoms with Crippen molar-refractivity contribution in [2.75, 3.05) is 0 Å². The van der Waals surface area contributed by atoms with Gasteiger partial charge in [-0.1, -0.05) is 47.5 Å². The van der Waals surface area contributed by atoms with Crippen molar-refractivity contribution in [3.05, 3.63) is 109 Å². The first-order valence-corrected chi connectivity index (χ1v) is 7.48. The van der Waals surface area contributed by atoms with Crippen molar-refractivity contribution < 1.29 is 19.5 Å². The molecule has 0 amide bonds. The minimum atomic E-state index is 0. The fourth-order valence-electron chi connectivity index (χ4n) is 2.39. The van der Waals surface area contributed by atoms with Crippen LogP contribution >= 0.6 is 0 Å². The van der Waals surface area contributed by atoms with Crippen molar-refractivity contribution in [3.8, 4) is 22.3 Å². The second-order valence-corrected chi connectivity index (χ2v) is 5.08. The maximum absolute atomic E-state index is 2.12. The molecule has 0 heterocycles. The monoisotopic (exact) mass is 384 g/mol. The molecule has 0 spiro atoms. The zero-order chi connectivity index (χ0) is 15.0. The molecule has 23 heavy (non-hydrogen) atoms. The molecular weight excluding hydrogens is 365 g/mol. The summed E-state index contributed by atoms with van der Waals surface area (Å²) in [5.41, 5.74) is 5.17. The first-order valence-electron chi connectivity index (χ1n) is 7.48. The first-order chi connectivity index (χ1) is 10.9. The Morgan fingerprint density at radius 2 is 0.696 bits per heavy atom. The summed E-state index contributed by atoms with van der Waals surface area (Å²) in [4.78, 5) is 0. The van der Waals surface area contributed by atoms with E-state index >= 15 is 0 Å². The third-order valence-electron chi connectivity index (χ3n) is 3.54. The van der Waals surface area contributed by atoms with E-state index in [4.69, 9.17) is 0 Å². The van der Waals surface area contributed by atoms with Crippen LogP contribution in [0.5, 0.6) is 0 Å². The normalized spacial score (nSPS) is 9.39. The minimum absolute atomic E-state index is 0. The van der Waals surface area contributed by atoms with E-state index in [9.17, 15) is 0 Å². The molecule has 0 N–H and O–H groups in total.